The lowest BCUT2D eigenvalue weighted by Gasteiger charge is -2.26. The number of carbonyl (C=O) groups excluding carboxylic acids is 1. The van der Waals surface area contributed by atoms with Gasteiger partial charge in [-0.15, -0.1) is 0 Å². The molecule has 1 aliphatic rings. The highest BCUT2D eigenvalue weighted by Crippen LogP contribution is 2.25. The summed E-state index contributed by atoms with van der Waals surface area (Å²) in [5.41, 5.74) is 2.94. The maximum absolute atomic E-state index is 12.4. The smallest absolute Gasteiger partial charge is 0.254 e. The molecule has 1 atom stereocenters. The van der Waals surface area contributed by atoms with E-state index in [2.05, 4.69) is 0 Å². The number of fused-ring (bicyclic) bond motifs is 1. The first-order valence-corrected chi connectivity index (χ1v) is 6.83. The van der Waals surface area contributed by atoms with Crippen LogP contribution < -0.4 is 0 Å². The first-order chi connectivity index (χ1) is 9.79. The molecule has 1 aliphatic heterocycles. The van der Waals surface area contributed by atoms with E-state index in [0.29, 0.717) is 13.0 Å². The van der Waals surface area contributed by atoms with Gasteiger partial charge < -0.3 is 10.0 Å². The Kier molecular flexibility index (Phi) is 3.52. The second-order valence-electron chi connectivity index (χ2n) is 5.12. The summed E-state index contributed by atoms with van der Waals surface area (Å²) in [4.78, 5) is 14.2. The van der Waals surface area contributed by atoms with E-state index >= 15 is 0 Å². The van der Waals surface area contributed by atoms with Gasteiger partial charge in [-0.05, 0) is 23.6 Å². The molecule has 3 heteroatoms. The van der Waals surface area contributed by atoms with Crippen molar-refractivity contribution in [2.24, 2.45) is 0 Å². The van der Waals surface area contributed by atoms with Crippen molar-refractivity contribution in [3.63, 3.8) is 0 Å². The van der Waals surface area contributed by atoms with E-state index < -0.39 is 0 Å². The molecule has 20 heavy (non-hydrogen) atoms. The van der Waals surface area contributed by atoms with Gasteiger partial charge in [0.2, 0.25) is 0 Å². The molecule has 102 valence electrons. The van der Waals surface area contributed by atoms with Crippen molar-refractivity contribution in [1.82, 2.24) is 4.90 Å². The summed E-state index contributed by atoms with van der Waals surface area (Å²) in [6, 6.07) is 17.5. The lowest BCUT2D eigenvalue weighted by atomic mass is 10.1. The number of benzene rings is 2. The molecule has 0 aliphatic carbocycles. The predicted molar refractivity (Wildman–Crippen MR) is 77.3 cm³/mol. The fourth-order valence-corrected chi connectivity index (χ4v) is 2.73. The van der Waals surface area contributed by atoms with E-state index in [9.17, 15) is 9.90 Å². The van der Waals surface area contributed by atoms with Crippen LogP contribution in [0.5, 0.6) is 0 Å². The first kappa shape index (κ1) is 12.9. The maximum atomic E-state index is 12.4. The average Bonchev–Trinajstić information content (AvgIpc) is 2.83. The molecule has 0 bridgehead atoms. The van der Waals surface area contributed by atoms with Gasteiger partial charge in [-0.3, -0.25) is 4.79 Å². The summed E-state index contributed by atoms with van der Waals surface area (Å²) in [5.74, 6) is 0.0237. The molecule has 1 heterocycles. The lowest BCUT2D eigenvalue weighted by Crippen LogP contribution is -2.39. The molecule has 0 unspecified atom stereocenters. The minimum atomic E-state index is -0.169. The largest absolute Gasteiger partial charge is 0.394 e. The predicted octanol–water partition coefficient (Wildman–Crippen LogP) is 2.25. The third-order valence-corrected chi connectivity index (χ3v) is 3.81. The number of hydrogen-bond donors (Lipinski definition) is 1. The fourth-order valence-electron chi connectivity index (χ4n) is 2.73. The minimum absolute atomic E-state index is 0.0192. The van der Waals surface area contributed by atoms with E-state index in [0.717, 1.165) is 16.7 Å². The Labute approximate surface area is 118 Å². The van der Waals surface area contributed by atoms with Gasteiger partial charge in [0, 0.05) is 12.1 Å². The van der Waals surface area contributed by atoms with Gasteiger partial charge in [-0.25, -0.2) is 0 Å². The van der Waals surface area contributed by atoms with E-state index in [4.69, 9.17) is 0 Å². The van der Waals surface area contributed by atoms with Crippen LogP contribution in [-0.2, 0) is 13.0 Å². The Bertz CT molecular complexity index is 609. The minimum Gasteiger partial charge on any atom is -0.394 e. The molecular weight excluding hydrogens is 250 g/mol. The number of hydrogen-bond acceptors (Lipinski definition) is 2. The Hall–Kier alpha value is -2.13. The number of amides is 1. The van der Waals surface area contributed by atoms with Crippen molar-refractivity contribution in [3.8, 4) is 0 Å². The fraction of sp³-hybridized carbons (Fsp3) is 0.235. The Morgan fingerprint density at radius 1 is 1.05 bits per heavy atom. The Morgan fingerprint density at radius 3 is 2.45 bits per heavy atom. The SMILES string of the molecule is O=C1c2ccccc2CN1[C@@H](CO)Cc1ccccc1. The third-order valence-electron chi connectivity index (χ3n) is 3.81. The normalized spacial score (nSPS) is 15.2. The van der Waals surface area contributed by atoms with Crippen LogP contribution in [0.1, 0.15) is 21.5 Å². The van der Waals surface area contributed by atoms with Crippen LogP contribution in [0, 0.1) is 0 Å². The molecule has 0 radical (unpaired) electrons. The van der Waals surface area contributed by atoms with Gasteiger partial charge in [0.1, 0.15) is 0 Å². The van der Waals surface area contributed by atoms with Crippen molar-refractivity contribution in [1.29, 1.82) is 0 Å². The van der Waals surface area contributed by atoms with E-state index in [1.807, 2.05) is 54.6 Å². The summed E-state index contributed by atoms with van der Waals surface area (Å²) in [6.45, 7) is 0.571. The van der Waals surface area contributed by atoms with Crippen LogP contribution in [-0.4, -0.2) is 28.6 Å². The zero-order valence-electron chi connectivity index (χ0n) is 11.2. The maximum Gasteiger partial charge on any atom is 0.254 e. The molecule has 0 saturated heterocycles. The van der Waals surface area contributed by atoms with E-state index in [1.165, 1.54) is 0 Å². The van der Waals surface area contributed by atoms with Gasteiger partial charge in [0.15, 0.2) is 0 Å². The molecule has 0 fully saturated rings. The monoisotopic (exact) mass is 267 g/mol. The van der Waals surface area contributed by atoms with Crippen LogP contribution in [0.2, 0.25) is 0 Å². The molecule has 1 N–H and O–H groups in total. The zero-order chi connectivity index (χ0) is 13.9. The summed E-state index contributed by atoms with van der Waals surface area (Å²) >= 11 is 0. The molecule has 0 aromatic heterocycles. The highest BCUT2D eigenvalue weighted by Gasteiger charge is 2.31. The molecule has 0 saturated carbocycles. The second-order valence-corrected chi connectivity index (χ2v) is 5.12. The summed E-state index contributed by atoms with van der Waals surface area (Å²) in [5, 5.41) is 9.65. The second kappa shape index (κ2) is 5.47. The molecule has 3 rings (SSSR count). The highest BCUT2D eigenvalue weighted by molar-refractivity contribution is 5.98. The lowest BCUT2D eigenvalue weighted by molar-refractivity contribution is 0.0618. The van der Waals surface area contributed by atoms with Crippen LogP contribution in [0.15, 0.2) is 54.6 Å². The first-order valence-electron chi connectivity index (χ1n) is 6.83. The van der Waals surface area contributed by atoms with Crippen LogP contribution in [0.25, 0.3) is 0 Å². The third kappa shape index (κ3) is 2.32. The molecule has 3 nitrogen and oxygen atoms in total. The van der Waals surface area contributed by atoms with Gasteiger partial charge in [0.05, 0.1) is 12.6 Å². The molecule has 0 spiro atoms. The van der Waals surface area contributed by atoms with Gasteiger partial charge in [-0.2, -0.15) is 0 Å². The molecular formula is C17H17NO2. The van der Waals surface area contributed by atoms with Crippen molar-refractivity contribution in [3.05, 3.63) is 71.3 Å². The van der Waals surface area contributed by atoms with Crippen molar-refractivity contribution < 1.29 is 9.90 Å². The van der Waals surface area contributed by atoms with E-state index in [-0.39, 0.29) is 18.6 Å². The Balaban J connectivity index is 1.80. The van der Waals surface area contributed by atoms with Gasteiger partial charge in [0.25, 0.3) is 5.91 Å². The highest BCUT2D eigenvalue weighted by atomic mass is 16.3. The van der Waals surface area contributed by atoms with Crippen LogP contribution >= 0.6 is 0 Å². The van der Waals surface area contributed by atoms with Gasteiger partial charge in [-0.1, -0.05) is 48.5 Å². The molecule has 2 aromatic rings. The van der Waals surface area contributed by atoms with Crippen LogP contribution in [0.4, 0.5) is 0 Å². The summed E-state index contributed by atoms with van der Waals surface area (Å²) < 4.78 is 0. The standard InChI is InChI=1S/C17H17NO2/c19-12-15(10-13-6-2-1-3-7-13)18-11-14-8-4-5-9-16(14)17(18)20/h1-9,15,19H,10-12H2/t15-/m1/s1. The molecule has 1 amide bonds. The Morgan fingerprint density at radius 2 is 1.75 bits per heavy atom. The van der Waals surface area contributed by atoms with Gasteiger partial charge >= 0.3 is 0 Å². The van der Waals surface area contributed by atoms with Crippen molar-refractivity contribution in [2.75, 3.05) is 6.61 Å². The summed E-state index contributed by atoms with van der Waals surface area (Å²) in [7, 11) is 0. The zero-order valence-corrected chi connectivity index (χ0v) is 11.2. The summed E-state index contributed by atoms with van der Waals surface area (Å²) in [6.07, 6.45) is 0.678. The topological polar surface area (TPSA) is 40.5 Å². The number of rotatable bonds is 4. The number of aliphatic hydroxyl groups excluding tert-OH is 1. The average molecular weight is 267 g/mol. The quantitative estimate of drug-likeness (QED) is 0.923. The van der Waals surface area contributed by atoms with Crippen molar-refractivity contribution in [2.45, 2.75) is 19.0 Å². The molecule has 2 aromatic carbocycles. The number of aliphatic hydroxyl groups is 1. The van der Waals surface area contributed by atoms with E-state index in [1.54, 1.807) is 4.90 Å². The van der Waals surface area contributed by atoms with Crippen molar-refractivity contribution >= 4 is 5.91 Å². The number of carbonyl (C=O) groups is 1. The number of nitrogens with zero attached hydrogens (tertiary/aromatic N) is 1. The van der Waals surface area contributed by atoms with Crippen LogP contribution in [0.3, 0.4) is 0 Å².